The first-order chi connectivity index (χ1) is 5.20. The molecule has 0 aliphatic carbocycles. The van der Waals surface area contributed by atoms with E-state index >= 15 is 0 Å². The molecular weight excluding hydrogens is 156 g/mol. The van der Waals surface area contributed by atoms with Gasteiger partial charge in [0.1, 0.15) is 0 Å². The Balaban J connectivity index is 3.87. The Morgan fingerprint density at radius 2 is 2.27 bits per heavy atom. The van der Waals surface area contributed by atoms with E-state index in [1.54, 1.807) is 11.8 Å². The van der Waals surface area contributed by atoms with Gasteiger partial charge in [-0.3, -0.25) is 0 Å². The number of nitrogens with zero attached hydrogens (tertiary/aromatic N) is 2. The molecule has 0 aromatic rings. The van der Waals surface area contributed by atoms with Crippen LogP contribution in [0.3, 0.4) is 0 Å². The van der Waals surface area contributed by atoms with Gasteiger partial charge in [-0.15, -0.1) is 0 Å². The summed E-state index contributed by atoms with van der Waals surface area (Å²) in [4.78, 5) is 1.90. The molecule has 0 aromatic heterocycles. The van der Waals surface area contributed by atoms with E-state index in [9.17, 15) is 0 Å². The van der Waals surface area contributed by atoms with Crippen molar-refractivity contribution < 1.29 is 0 Å². The number of allylic oxidation sites excluding steroid dienone is 1. The monoisotopic (exact) mass is 170 g/mol. The molecule has 0 spiro atoms. The lowest BCUT2D eigenvalue weighted by Crippen LogP contribution is -2.02. The predicted octanol–water partition coefficient (Wildman–Crippen LogP) is 1.71. The second-order valence-electron chi connectivity index (χ2n) is 2.47. The van der Waals surface area contributed by atoms with E-state index in [4.69, 9.17) is 5.26 Å². The first kappa shape index (κ1) is 10.4. The van der Waals surface area contributed by atoms with E-state index in [-0.39, 0.29) is 0 Å². The molecule has 0 rings (SSSR count). The van der Waals surface area contributed by atoms with Crippen LogP contribution in [0.5, 0.6) is 0 Å². The van der Waals surface area contributed by atoms with E-state index in [0.29, 0.717) is 0 Å². The minimum Gasteiger partial charge on any atom is -0.383 e. The van der Waals surface area contributed by atoms with Crippen LogP contribution in [0.4, 0.5) is 0 Å². The second kappa shape index (κ2) is 6.11. The summed E-state index contributed by atoms with van der Waals surface area (Å²) in [5.74, 6) is 1.02. The molecule has 0 atom stereocenters. The zero-order valence-corrected chi connectivity index (χ0v) is 8.11. The molecule has 0 N–H and O–H groups in total. The highest BCUT2D eigenvalue weighted by atomic mass is 32.2. The van der Waals surface area contributed by atoms with Crippen LogP contribution in [0.1, 0.15) is 6.42 Å². The SMILES string of the molecule is CSCCC(C#N)=CN(C)C. The minimum atomic E-state index is 0.851. The first-order valence-corrected chi connectivity index (χ1v) is 4.86. The summed E-state index contributed by atoms with van der Waals surface area (Å²) in [7, 11) is 3.85. The van der Waals surface area contributed by atoms with Gasteiger partial charge in [0.05, 0.1) is 6.07 Å². The number of rotatable bonds is 4. The quantitative estimate of drug-likeness (QED) is 0.601. The number of nitriles is 1. The molecule has 11 heavy (non-hydrogen) atoms. The predicted molar refractivity (Wildman–Crippen MR) is 50.4 cm³/mol. The molecule has 0 aliphatic heterocycles. The number of thioether (sulfide) groups is 1. The Morgan fingerprint density at radius 1 is 1.64 bits per heavy atom. The van der Waals surface area contributed by atoms with E-state index in [2.05, 4.69) is 6.07 Å². The van der Waals surface area contributed by atoms with Crippen LogP contribution < -0.4 is 0 Å². The second-order valence-corrected chi connectivity index (χ2v) is 3.46. The molecule has 3 heteroatoms. The maximum atomic E-state index is 8.65. The summed E-state index contributed by atoms with van der Waals surface area (Å²) >= 11 is 1.76. The highest BCUT2D eigenvalue weighted by Gasteiger charge is 1.94. The van der Waals surface area contributed by atoms with Gasteiger partial charge in [-0.2, -0.15) is 17.0 Å². The van der Waals surface area contributed by atoms with E-state index in [0.717, 1.165) is 17.7 Å². The minimum absolute atomic E-state index is 0.851. The van der Waals surface area contributed by atoms with Gasteiger partial charge in [-0.05, 0) is 18.4 Å². The van der Waals surface area contributed by atoms with Crippen molar-refractivity contribution in [2.24, 2.45) is 0 Å². The van der Waals surface area contributed by atoms with E-state index in [1.165, 1.54) is 0 Å². The van der Waals surface area contributed by atoms with Gasteiger partial charge in [-0.1, -0.05) is 0 Å². The van der Waals surface area contributed by atoms with Crippen molar-refractivity contribution in [3.05, 3.63) is 11.8 Å². The van der Waals surface area contributed by atoms with Crippen LogP contribution >= 0.6 is 11.8 Å². The van der Waals surface area contributed by atoms with Crippen LogP contribution in [0, 0.1) is 11.3 Å². The van der Waals surface area contributed by atoms with Crippen LogP contribution in [-0.2, 0) is 0 Å². The van der Waals surface area contributed by atoms with Crippen LogP contribution in [-0.4, -0.2) is 31.0 Å². The molecule has 0 saturated carbocycles. The Hall–Kier alpha value is -0.620. The summed E-state index contributed by atoms with van der Waals surface area (Å²) < 4.78 is 0. The maximum absolute atomic E-state index is 8.65. The standard InChI is InChI=1S/C8H14N2S/c1-10(2)7-8(6-9)4-5-11-3/h7H,4-5H2,1-3H3. The third-order valence-electron chi connectivity index (χ3n) is 1.13. The van der Waals surface area contributed by atoms with Gasteiger partial charge in [-0.25, -0.2) is 0 Å². The summed E-state index contributed by atoms with van der Waals surface area (Å²) in [6.45, 7) is 0. The summed E-state index contributed by atoms with van der Waals surface area (Å²) in [5, 5.41) is 8.65. The fourth-order valence-electron chi connectivity index (χ4n) is 0.673. The van der Waals surface area contributed by atoms with Gasteiger partial charge < -0.3 is 4.90 Å². The maximum Gasteiger partial charge on any atom is 0.0962 e. The lowest BCUT2D eigenvalue weighted by Gasteiger charge is -2.05. The highest BCUT2D eigenvalue weighted by Crippen LogP contribution is 2.05. The zero-order chi connectivity index (χ0) is 8.69. The Labute approximate surface area is 72.9 Å². The van der Waals surface area contributed by atoms with Crippen molar-refractivity contribution >= 4 is 11.8 Å². The van der Waals surface area contributed by atoms with Crippen LogP contribution in [0.2, 0.25) is 0 Å². The molecule has 62 valence electrons. The first-order valence-electron chi connectivity index (χ1n) is 3.47. The molecule has 0 saturated heterocycles. The summed E-state index contributed by atoms with van der Waals surface area (Å²) in [6, 6.07) is 2.17. The summed E-state index contributed by atoms with van der Waals surface area (Å²) in [6.07, 6.45) is 4.79. The topological polar surface area (TPSA) is 27.0 Å². The van der Waals surface area contributed by atoms with Crippen molar-refractivity contribution in [3.8, 4) is 6.07 Å². The van der Waals surface area contributed by atoms with Crippen molar-refractivity contribution in [1.29, 1.82) is 5.26 Å². The van der Waals surface area contributed by atoms with Crippen molar-refractivity contribution in [2.45, 2.75) is 6.42 Å². The van der Waals surface area contributed by atoms with Crippen molar-refractivity contribution in [2.75, 3.05) is 26.1 Å². The van der Waals surface area contributed by atoms with Crippen LogP contribution in [0.15, 0.2) is 11.8 Å². The van der Waals surface area contributed by atoms with Gasteiger partial charge in [0.25, 0.3) is 0 Å². The number of hydrogen-bond acceptors (Lipinski definition) is 3. The molecule has 0 fully saturated rings. The lowest BCUT2D eigenvalue weighted by molar-refractivity contribution is 0.558. The van der Waals surface area contributed by atoms with Crippen molar-refractivity contribution in [1.82, 2.24) is 4.90 Å². The zero-order valence-electron chi connectivity index (χ0n) is 7.29. The summed E-state index contributed by atoms with van der Waals surface area (Å²) in [5.41, 5.74) is 0.851. The molecule has 0 amide bonds. The van der Waals surface area contributed by atoms with Gasteiger partial charge >= 0.3 is 0 Å². The fraction of sp³-hybridized carbons (Fsp3) is 0.625. The molecule has 0 radical (unpaired) electrons. The Morgan fingerprint density at radius 3 is 2.64 bits per heavy atom. The molecule has 0 aromatic carbocycles. The highest BCUT2D eigenvalue weighted by molar-refractivity contribution is 7.98. The van der Waals surface area contributed by atoms with Gasteiger partial charge in [0.15, 0.2) is 0 Å². The Kier molecular flexibility index (Phi) is 5.77. The largest absolute Gasteiger partial charge is 0.383 e. The van der Waals surface area contributed by atoms with Crippen molar-refractivity contribution in [3.63, 3.8) is 0 Å². The van der Waals surface area contributed by atoms with E-state index < -0.39 is 0 Å². The van der Waals surface area contributed by atoms with Crippen LogP contribution in [0.25, 0.3) is 0 Å². The van der Waals surface area contributed by atoms with Gasteiger partial charge in [0, 0.05) is 25.9 Å². The molecule has 2 nitrogen and oxygen atoms in total. The molecule has 0 heterocycles. The van der Waals surface area contributed by atoms with E-state index in [1.807, 2.05) is 31.5 Å². The number of hydrogen-bond donors (Lipinski definition) is 0. The normalized spacial score (nSPS) is 10.9. The molecule has 0 aliphatic rings. The molecule has 0 unspecified atom stereocenters. The average Bonchev–Trinajstić information content (AvgIpc) is 1.97. The fourth-order valence-corrected chi connectivity index (χ4v) is 1.10. The average molecular weight is 170 g/mol. The third kappa shape index (κ3) is 5.81. The van der Waals surface area contributed by atoms with Gasteiger partial charge in [0.2, 0.25) is 0 Å². The molecule has 0 bridgehead atoms. The lowest BCUT2D eigenvalue weighted by atomic mass is 10.2. The molecular formula is C8H14N2S. The third-order valence-corrected chi connectivity index (χ3v) is 1.75. The smallest absolute Gasteiger partial charge is 0.0962 e. The Bertz CT molecular complexity index is 167.